The first-order chi connectivity index (χ1) is 15.1. The summed E-state index contributed by atoms with van der Waals surface area (Å²) in [4.78, 5) is 19.4. The van der Waals surface area contributed by atoms with Crippen LogP contribution in [0.2, 0.25) is 0 Å². The molecule has 1 amide bonds. The summed E-state index contributed by atoms with van der Waals surface area (Å²) in [6.07, 6.45) is 3.72. The predicted octanol–water partition coefficient (Wildman–Crippen LogP) is 4.05. The molecule has 0 bridgehead atoms. The first kappa shape index (κ1) is 21.6. The lowest BCUT2D eigenvalue weighted by Gasteiger charge is -2.26. The number of aryl methyl sites for hydroxylation is 2. The van der Waals surface area contributed by atoms with E-state index in [0.29, 0.717) is 5.75 Å². The fourth-order valence-corrected chi connectivity index (χ4v) is 4.42. The van der Waals surface area contributed by atoms with Gasteiger partial charge < -0.3 is 10.1 Å². The van der Waals surface area contributed by atoms with Crippen molar-refractivity contribution < 1.29 is 9.53 Å². The van der Waals surface area contributed by atoms with E-state index >= 15 is 0 Å². The van der Waals surface area contributed by atoms with Gasteiger partial charge in [0, 0.05) is 37.7 Å². The van der Waals surface area contributed by atoms with Crippen LogP contribution >= 0.6 is 11.8 Å². The highest BCUT2D eigenvalue weighted by Gasteiger charge is 2.13. The van der Waals surface area contributed by atoms with Gasteiger partial charge in [-0.05, 0) is 48.7 Å². The highest BCUT2D eigenvalue weighted by Crippen LogP contribution is 2.24. The van der Waals surface area contributed by atoms with Crippen LogP contribution in [0.25, 0.3) is 5.69 Å². The number of carbonyl (C=O) groups is 1. The third-order valence-corrected chi connectivity index (χ3v) is 6.25. The number of rotatable bonds is 7. The van der Waals surface area contributed by atoms with Gasteiger partial charge >= 0.3 is 0 Å². The minimum atomic E-state index is -0.0379. The second-order valence-electron chi connectivity index (χ2n) is 7.80. The van der Waals surface area contributed by atoms with Gasteiger partial charge in [0.25, 0.3) is 0 Å². The molecule has 1 aliphatic rings. The van der Waals surface area contributed by atoms with E-state index in [9.17, 15) is 4.79 Å². The van der Waals surface area contributed by atoms with Crippen LogP contribution in [0.5, 0.6) is 0 Å². The number of hydrogen-bond donors (Lipinski definition) is 1. The van der Waals surface area contributed by atoms with Crippen LogP contribution in [-0.4, -0.2) is 52.4 Å². The molecule has 1 fully saturated rings. The van der Waals surface area contributed by atoms with Gasteiger partial charge in [-0.15, -0.1) is 0 Å². The fourth-order valence-electron chi connectivity index (χ4n) is 3.65. The van der Waals surface area contributed by atoms with Crippen LogP contribution in [0.3, 0.4) is 0 Å². The number of ether oxygens (including phenoxy) is 1. The van der Waals surface area contributed by atoms with Crippen molar-refractivity contribution in [1.29, 1.82) is 0 Å². The van der Waals surface area contributed by atoms with Crippen LogP contribution < -0.4 is 5.32 Å². The maximum atomic E-state index is 12.6. The Labute approximate surface area is 187 Å². The Kier molecular flexibility index (Phi) is 7.06. The molecule has 0 saturated carbocycles. The minimum Gasteiger partial charge on any atom is -0.379 e. The lowest BCUT2D eigenvalue weighted by atomic mass is 10.1. The third-order valence-electron chi connectivity index (χ3n) is 5.28. The molecule has 1 aliphatic heterocycles. The molecule has 6 nitrogen and oxygen atoms in total. The normalized spacial score (nSPS) is 14.5. The molecule has 0 radical (unpaired) electrons. The number of benzene rings is 2. The second kappa shape index (κ2) is 10.1. The van der Waals surface area contributed by atoms with E-state index in [-0.39, 0.29) is 5.91 Å². The molecule has 1 saturated heterocycles. The highest BCUT2D eigenvalue weighted by molar-refractivity contribution is 7.99. The number of nitrogens with zero attached hydrogens (tertiary/aromatic N) is 3. The van der Waals surface area contributed by atoms with E-state index in [0.717, 1.165) is 49.4 Å². The molecule has 3 aromatic rings. The Morgan fingerprint density at radius 1 is 1.16 bits per heavy atom. The second-order valence-corrected chi connectivity index (χ2v) is 8.74. The number of morpholine rings is 1. The van der Waals surface area contributed by atoms with Crippen LogP contribution in [-0.2, 0) is 16.1 Å². The van der Waals surface area contributed by atoms with Crippen molar-refractivity contribution in [3.63, 3.8) is 0 Å². The first-order valence-corrected chi connectivity index (χ1v) is 11.5. The summed E-state index contributed by atoms with van der Waals surface area (Å²) in [7, 11) is 0. The fraction of sp³-hybridized carbons (Fsp3) is 0.333. The Morgan fingerprint density at radius 2 is 2.00 bits per heavy atom. The molecule has 4 rings (SSSR count). The van der Waals surface area contributed by atoms with Gasteiger partial charge in [-0.2, -0.15) is 0 Å². The van der Waals surface area contributed by atoms with E-state index in [2.05, 4.69) is 59.4 Å². The largest absolute Gasteiger partial charge is 0.379 e. The zero-order valence-corrected chi connectivity index (χ0v) is 18.8. The van der Waals surface area contributed by atoms with Crippen LogP contribution in [0.15, 0.2) is 60.0 Å². The van der Waals surface area contributed by atoms with Gasteiger partial charge in [0.05, 0.1) is 24.7 Å². The number of thioether (sulfide) groups is 1. The summed E-state index contributed by atoms with van der Waals surface area (Å²) in [5, 5.41) is 3.83. The highest BCUT2D eigenvalue weighted by atomic mass is 32.2. The van der Waals surface area contributed by atoms with Crippen molar-refractivity contribution >= 4 is 23.4 Å². The lowest BCUT2D eigenvalue weighted by molar-refractivity contribution is -0.113. The summed E-state index contributed by atoms with van der Waals surface area (Å²) in [6.45, 7) is 8.49. The zero-order valence-electron chi connectivity index (χ0n) is 18.0. The van der Waals surface area contributed by atoms with Gasteiger partial charge in [-0.25, -0.2) is 4.98 Å². The molecular formula is C24H28N4O2S. The van der Waals surface area contributed by atoms with Crippen LogP contribution in [0.1, 0.15) is 16.7 Å². The van der Waals surface area contributed by atoms with Crippen molar-refractivity contribution in [2.24, 2.45) is 0 Å². The average molecular weight is 437 g/mol. The van der Waals surface area contributed by atoms with Gasteiger partial charge in [-0.1, -0.05) is 36.0 Å². The number of amides is 1. The smallest absolute Gasteiger partial charge is 0.234 e. The van der Waals surface area contributed by atoms with Crippen molar-refractivity contribution in [3.05, 3.63) is 71.5 Å². The molecular weight excluding hydrogens is 408 g/mol. The van der Waals surface area contributed by atoms with Gasteiger partial charge in [0.2, 0.25) is 5.91 Å². The summed E-state index contributed by atoms with van der Waals surface area (Å²) < 4.78 is 7.46. The maximum Gasteiger partial charge on any atom is 0.234 e. The van der Waals surface area contributed by atoms with E-state index in [1.54, 1.807) is 6.20 Å². The molecule has 1 N–H and O–H groups in total. The quantitative estimate of drug-likeness (QED) is 0.566. The van der Waals surface area contributed by atoms with Crippen molar-refractivity contribution in [2.45, 2.75) is 25.5 Å². The zero-order chi connectivity index (χ0) is 21.6. The monoisotopic (exact) mass is 436 g/mol. The number of imidazole rings is 1. The summed E-state index contributed by atoms with van der Waals surface area (Å²) in [6, 6.07) is 14.4. The predicted molar refractivity (Wildman–Crippen MR) is 125 cm³/mol. The number of anilines is 1. The van der Waals surface area contributed by atoms with E-state index in [4.69, 9.17) is 4.74 Å². The SMILES string of the molecule is Cc1ccc(C)c(-n2ccnc2SCC(=O)Nc2cccc(CN3CCOCC3)c2)c1. The summed E-state index contributed by atoms with van der Waals surface area (Å²) in [5.41, 5.74) is 5.48. The van der Waals surface area contributed by atoms with E-state index in [1.807, 2.05) is 22.9 Å². The molecule has 1 aromatic heterocycles. The van der Waals surface area contributed by atoms with Gasteiger partial charge in [0.15, 0.2) is 5.16 Å². The molecule has 2 heterocycles. The summed E-state index contributed by atoms with van der Waals surface area (Å²) >= 11 is 1.44. The Bertz CT molecular complexity index is 1040. The molecule has 0 atom stereocenters. The van der Waals surface area contributed by atoms with Gasteiger partial charge in [0.1, 0.15) is 0 Å². The Morgan fingerprint density at radius 3 is 2.84 bits per heavy atom. The van der Waals surface area contributed by atoms with Crippen LogP contribution in [0, 0.1) is 13.8 Å². The topological polar surface area (TPSA) is 59.4 Å². The molecule has 162 valence electrons. The van der Waals surface area contributed by atoms with Gasteiger partial charge in [-0.3, -0.25) is 14.3 Å². The Hall–Kier alpha value is -2.61. The summed E-state index contributed by atoms with van der Waals surface area (Å²) in [5.74, 6) is 0.263. The first-order valence-electron chi connectivity index (χ1n) is 10.5. The third kappa shape index (κ3) is 5.76. The van der Waals surface area contributed by atoms with Crippen LogP contribution in [0.4, 0.5) is 5.69 Å². The average Bonchev–Trinajstić information content (AvgIpc) is 3.23. The Balaban J connectivity index is 1.36. The minimum absolute atomic E-state index is 0.0379. The maximum absolute atomic E-state index is 12.6. The van der Waals surface area contributed by atoms with Crippen molar-refractivity contribution in [3.8, 4) is 5.69 Å². The lowest BCUT2D eigenvalue weighted by Crippen LogP contribution is -2.35. The van der Waals surface area contributed by atoms with E-state index in [1.165, 1.54) is 28.5 Å². The number of carbonyl (C=O) groups excluding carboxylic acids is 1. The number of aromatic nitrogens is 2. The number of hydrogen-bond acceptors (Lipinski definition) is 5. The molecule has 31 heavy (non-hydrogen) atoms. The van der Waals surface area contributed by atoms with Crippen molar-refractivity contribution in [1.82, 2.24) is 14.5 Å². The molecule has 0 aliphatic carbocycles. The van der Waals surface area contributed by atoms with Crippen molar-refractivity contribution in [2.75, 3.05) is 37.4 Å². The number of nitrogens with one attached hydrogen (secondary N) is 1. The molecule has 2 aromatic carbocycles. The van der Waals surface area contributed by atoms with E-state index < -0.39 is 0 Å². The standard InChI is InChI=1S/C24H28N4O2S/c1-18-6-7-19(2)22(14-18)28-9-8-25-24(28)31-17-23(29)26-21-5-3-4-20(15-21)16-27-10-12-30-13-11-27/h3-9,14-15H,10-13,16-17H2,1-2H3,(H,26,29). The molecule has 0 unspecified atom stereocenters. The molecule has 7 heteroatoms. The molecule has 0 spiro atoms.